The lowest BCUT2D eigenvalue weighted by atomic mass is 9.78. The van der Waals surface area contributed by atoms with Crippen LogP contribution in [0.25, 0.3) is 0 Å². The van der Waals surface area contributed by atoms with Crippen LogP contribution >= 0.6 is 11.3 Å². The van der Waals surface area contributed by atoms with E-state index in [1.165, 1.54) is 4.88 Å². The predicted molar refractivity (Wildman–Crippen MR) is 97.3 cm³/mol. The molecule has 0 spiro atoms. The molecule has 0 saturated carbocycles. The summed E-state index contributed by atoms with van der Waals surface area (Å²) >= 11 is 1.69. The fourth-order valence-electron chi connectivity index (χ4n) is 3.04. The minimum Gasteiger partial charge on any atom is -0.381 e. The Bertz CT molecular complexity index is 695. The van der Waals surface area contributed by atoms with Gasteiger partial charge in [-0.2, -0.15) is 0 Å². The molecule has 2 amide bonds. The Hall–Kier alpha value is -2.18. The van der Waals surface area contributed by atoms with E-state index < -0.39 is 11.8 Å². The number of rotatable bonds is 5. The number of benzene rings is 1. The summed E-state index contributed by atoms with van der Waals surface area (Å²) in [5.74, 6) is -1.18. The lowest BCUT2D eigenvalue weighted by molar-refractivity contribution is -0.139. The number of amides is 2. The molecule has 0 unspecified atom stereocenters. The molecule has 3 rings (SSSR count). The number of thiophene rings is 1. The molecule has 0 aliphatic carbocycles. The Balaban J connectivity index is 1.55. The Kier molecular flexibility index (Phi) is 5.83. The van der Waals surface area contributed by atoms with E-state index in [0.29, 0.717) is 26.3 Å². The van der Waals surface area contributed by atoms with E-state index in [4.69, 9.17) is 4.74 Å². The minimum atomic E-state index is -0.600. The summed E-state index contributed by atoms with van der Waals surface area (Å²) < 4.78 is 5.48. The third-order valence-corrected chi connectivity index (χ3v) is 5.70. The average molecular weight is 358 g/mol. The van der Waals surface area contributed by atoms with Gasteiger partial charge in [0, 0.05) is 36.6 Å². The van der Waals surface area contributed by atoms with Crippen LogP contribution in [0.5, 0.6) is 0 Å². The fourth-order valence-corrected chi connectivity index (χ4v) is 4.03. The van der Waals surface area contributed by atoms with Crippen molar-refractivity contribution in [3.63, 3.8) is 0 Å². The maximum atomic E-state index is 12.2. The van der Waals surface area contributed by atoms with Gasteiger partial charge in [0.15, 0.2) is 0 Å². The van der Waals surface area contributed by atoms with Crippen molar-refractivity contribution in [1.82, 2.24) is 10.6 Å². The molecule has 1 aliphatic rings. The quantitative estimate of drug-likeness (QED) is 0.806. The molecule has 5 nitrogen and oxygen atoms in total. The van der Waals surface area contributed by atoms with Crippen LogP contribution in [0.15, 0.2) is 47.8 Å². The maximum Gasteiger partial charge on any atom is 0.309 e. The molecule has 1 aliphatic heterocycles. The van der Waals surface area contributed by atoms with Gasteiger partial charge in [-0.1, -0.05) is 36.4 Å². The third kappa shape index (κ3) is 4.46. The molecule has 0 atom stereocenters. The summed E-state index contributed by atoms with van der Waals surface area (Å²) in [6.07, 6.45) is 1.69. The van der Waals surface area contributed by atoms with Gasteiger partial charge < -0.3 is 15.4 Å². The summed E-state index contributed by atoms with van der Waals surface area (Å²) in [4.78, 5) is 25.4. The van der Waals surface area contributed by atoms with Gasteiger partial charge in [-0.15, -0.1) is 11.3 Å². The first-order valence-corrected chi connectivity index (χ1v) is 9.29. The number of hydrogen-bond donors (Lipinski definition) is 2. The highest BCUT2D eigenvalue weighted by Crippen LogP contribution is 2.36. The van der Waals surface area contributed by atoms with Gasteiger partial charge in [0.05, 0.1) is 0 Å². The van der Waals surface area contributed by atoms with Crippen molar-refractivity contribution in [2.75, 3.05) is 19.8 Å². The van der Waals surface area contributed by atoms with Crippen LogP contribution in [0.1, 0.15) is 23.3 Å². The number of carbonyl (C=O) groups excluding carboxylic acids is 2. The van der Waals surface area contributed by atoms with Gasteiger partial charge in [-0.25, -0.2) is 0 Å². The van der Waals surface area contributed by atoms with Crippen LogP contribution in [0.4, 0.5) is 0 Å². The Morgan fingerprint density at radius 1 is 1.00 bits per heavy atom. The third-order valence-electron chi connectivity index (χ3n) is 4.58. The van der Waals surface area contributed by atoms with Crippen LogP contribution in [0.3, 0.4) is 0 Å². The molecule has 0 radical (unpaired) electrons. The molecule has 1 saturated heterocycles. The van der Waals surface area contributed by atoms with Crippen molar-refractivity contribution in [3.8, 4) is 0 Å². The summed E-state index contributed by atoms with van der Waals surface area (Å²) in [6, 6.07) is 13.6. The molecule has 0 bridgehead atoms. The van der Waals surface area contributed by atoms with Crippen molar-refractivity contribution in [3.05, 3.63) is 58.3 Å². The predicted octanol–water partition coefficient (Wildman–Crippen LogP) is 2.23. The fraction of sp³-hybridized carbons (Fsp3) is 0.368. The highest BCUT2D eigenvalue weighted by Gasteiger charge is 2.36. The normalized spacial score (nSPS) is 16.2. The van der Waals surface area contributed by atoms with Gasteiger partial charge in [0.2, 0.25) is 0 Å². The number of carbonyl (C=O) groups is 2. The van der Waals surface area contributed by atoms with Crippen molar-refractivity contribution >= 4 is 23.2 Å². The second kappa shape index (κ2) is 8.27. The Morgan fingerprint density at radius 2 is 1.72 bits per heavy atom. The van der Waals surface area contributed by atoms with Crippen LogP contribution in [0, 0.1) is 0 Å². The molecule has 25 heavy (non-hydrogen) atoms. The van der Waals surface area contributed by atoms with E-state index in [9.17, 15) is 9.59 Å². The van der Waals surface area contributed by atoms with Crippen LogP contribution < -0.4 is 10.6 Å². The monoisotopic (exact) mass is 358 g/mol. The van der Waals surface area contributed by atoms with Gasteiger partial charge >= 0.3 is 11.8 Å². The highest BCUT2D eigenvalue weighted by molar-refractivity contribution is 7.10. The van der Waals surface area contributed by atoms with Crippen LogP contribution in [-0.2, 0) is 26.3 Å². The Labute approximate surface area is 151 Å². The van der Waals surface area contributed by atoms with E-state index in [0.717, 1.165) is 18.4 Å². The van der Waals surface area contributed by atoms with Crippen molar-refractivity contribution in [2.24, 2.45) is 0 Å². The van der Waals surface area contributed by atoms with E-state index >= 15 is 0 Å². The van der Waals surface area contributed by atoms with Crippen molar-refractivity contribution in [1.29, 1.82) is 0 Å². The molecular formula is C19H22N2O3S. The van der Waals surface area contributed by atoms with E-state index in [-0.39, 0.29) is 5.41 Å². The number of hydrogen-bond acceptors (Lipinski definition) is 4. The van der Waals surface area contributed by atoms with Gasteiger partial charge in [-0.3, -0.25) is 9.59 Å². The van der Waals surface area contributed by atoms with Gasteiger partial charge in [0.1, 0.15) is 0 Å². The van der Waals surface area contributed by atoms with Crippen LogP contribution in [0.2, 0.25) is 0 Å². The summed E-state index contributed by atoms with van der Waals surface area (Å²) in [5.41, 5.74) is 0.824. The maximum absolute atomic E-state index is 12.2. The molecule has 1 aromatic heterocycles. The van der Waals surface area contributed by atoms with E-state index in [1.807, 2.05) is 41.8 Å². The lowest BCUT2D eigenvalue weighted by Gasteiger charge is -2.36. The second-order valence-corrected chi connectivity index (χ2v) is 7.17. The molecule has 1 fully saturated rings. The smallest absolute Gasteiger partial charge is 0.309 e. The zero-order chi connectivity index (χ0) is 17.5. The first-order chi connectivity index (χ1) is 12.2. The summed E-state index contributed by atoms with van der Waals surface area (Å²) in [5, 5.41) is 7.52. The van der Waals surface area contributed by atoms with Gasteiger partial charge in [0.25, 0.3) is 0 Å². The molecule has 1 aromatic carbocycles. The first-order valence-electron chi connectivity index (χ1n) is 8.41. The summed E-state index contributed by atoms with van der Waals surface area (Å²) in [7, 11) is 0. The largest absolute Gasteiger partial charge is 0.381 e. The molecule has 2 aromatic rings. The Morgan fingerprint density at radius 3 is 2.40 bits per heavy atom. The molecule has 2 heterocycles. The number of nitrogens with one attached hydrogen (secondary N) is 2. The molecule has 6 heteroatoms. The van der Waals surface area contributed by atoms with Crippen molar-refractivity contribution in [2.45, 2.75) is 24.8 Å². The first kappa shape index (κ1) is 17.6. The molecular weight excluding hydrogens is 336 g/mol. The van der Waals surface area contributed by atoms with Gasteiger partial charge in [-0.05, 0) is 29.9 Å². The summed E-state index contributed by atoms with van der Waals surface area (Å²) in [6.45, 7) is 2.15. The SMILES string of the molecule is O=C(NCc1ccccc1)C(=O)NCC1(c2cccs2)CCOCC1. The van der Waals surface area contributed by atoms with Crippen molar-refractivity contribution < 1.29 is 14.3 Å². The van der Waals surface area contributed by atoms with E-state index in [2.05, 4.69) is 16.7 Å². The van der Waals surface area contributed by atoms with E-state index in [1.54, 1.807) is 11.3 Å². The molecule has 132 valence electrons. The van der Waals surface area contributed by atoms with Crippen LogP contribution in [-0.4, -0.2) is 31.6 Å². The zero-order valence-corrected chi connectivity index (χ0v) is 14.8. The second-order valence-electron chi connectivity index (χ2n) is 6.22. The minimum absolute atomic E-state index is 0.137. The average Bonchev–Trinajstić information content (AvgIpc) is 3.21. The lowest BCUT2D eigenvalue weighted by Crippen LogP contribution is -2.48. The topological polar surface area (TPSA) is 67.4 Å². The highest BCUT2D eigenvalue weighted by atomic mass is 32.1. The molecule has 2 N–H and O–H groups in total. The standard InChI is InChI=1S/C19H22N2O3S/c22-17(20-13-15-5-2-1-3-6-15)18(23)21-14-19(8-10-24-11-9-19)16-7-4-12-25-16/h1-7,12H,8-11,13-14H2,(H,20,22)(H,21,23). The number of ether oxygens (including phenoxy) is 1. The zero-order valence-electron chi connectivity index (χ0n) is 14.0.